The molecule has 0 fully saturated rings. The van der Waals surface area contributed by atoms with Crippen molar-refractivity contribution in [3.8, 4) is 34.0 Å². The molecule has 0 radical (unpaired) electrons. The molecule has 0 saturated heterocycles. The Morgan fingerprint density at radius 1 is 0.838 bits per heavy atom. The second-order valence-electron chi connectivity index (χ2n) is 8.52. The zero-order valence-electron chi connectivity index (χ0n) is 21.6. The van der Waals surface area contributed by atoms with Gasteiger partial charge in [-0.05, 0) is 79.9 Å². The van der Waals surface area contributed by atoms with Crippen LogP contribution in [-0.2, 0) is 4.79 Å². The average molecular weight is 515 g/mol. The topological polar surface area (TPSA) is 86.2 Å². The predicted octanol–water partition coefficient (Wildman–Crippen LogP) is 6.35. The number of anilines is 1. The Bertz CT molecular complexity index is 1360. The molecule has 190 valence electrons. The van der Waals surface area contributed by atoms with E-state index in [1.165, 1.54) is 11.8 Å². The fourth-order valence-electron chi connectivity index (χ4n) is 3.92. The van der Waals surface area contributed by atoms with E-state index in [0.29, 0.717) is 23.0 Å². The summed E-state index contributed by atoms with van der Waals surface area (Å²) in [5, 5.41) is 12.1. The molecule has 1 N–H and O–H groups in total. The summed E-state index contributed by atoms with van der Waals surface area (Å²) in [7, 11) is 3.26. The van der Waals surface area contributed by atoms with Gasteiger partial charge in [-0.2, -0.15) is 0 Å². The summed E-state index contributed by atoms with van der Waals surface area (Å²) in [4.78, 5) is 18.1. The van der Waals surface area contributed by atoms with Gasteiger partial charge in [-0.15, -0.1) is 10.2 Å². The second kappa shape index (κ2) is 11.9. The van der Waals surface area contributed by atoms with Gasteiger partial charge in [0.25, 0.3) is 0 Å². The van der Waals surface area contributed by atoms with Crippen LogP contribution in [0, 0.1) is 13.8 Å². The van der Waals surface area contributed by atoms with Crippen LogP contribution in [0.1, 0.15) is 24.5 Å². The number of thioether (sulfide) groups is 1. The number of para-hydroxylation sites is 1. The molecule has 7 nitrogen and oxygen atoms in total. The van der Waals surface area contributed by atoms with E-state index < -0.39 is 0 Å². The van der Waals surface area contributed by atoms with Crippen molar-refractivity contribution >= 4 is 23.4 Å². The predicted molar refractivity (Wildman–Crippen MR) is 148 cm³/mol. The molecule has 4 rings (SSSR count). The molecule has 0 aliphatic rings. The van der Waals surface area contributed by atoms with E-state index in [9.17, 15) is 4.79 Å². The monoisotopic (exact) mass is 514 g/mol. The number of hydrogen-bond acceptors (Lipinski definition) is 7. The number of aromatic nitrogens is 3. The number of ether oxygens (including phenoxy) is 2. The van der Waals surface area contributed by atoms with Gasteiger partial charge in [-0.25, -0.2) is 4.98 Å². The quantitative estimate of drug-likeness (QED) is 0.261. The standard InChI is InChI=1S/C29H30N4O3S/c1-6-24(28(34)30-25-18(2)8-7-9-19(25)3)37-29-31-26(20-10-14-22(35-4)15-11-20)27(32-33-29)21-12-16-23(36-5)17-13-21/h7-17,24H,6H2,1-5H3,(H,30,34). The van der Waals surface area contributed by atoms with Gasteiger partial charge in [0.1, 0.15) is 22.9 Å². The van der Waals surface area contributed by atoms with Gasteiger partial charge >= 0.3 is 0 Å². The number of rotatable bonds is 9. The Hall–Kier alpha value is -3.91. The number of hydrogen-bond donors (Lipinski definition) is 1. The minimum atomic E-state index is -0.378. The van der Waals surface area contributed by atoms with Crippen LogP contribution < -0.4 is 14.8 Å². The van der Waals surface area contributed by atoms with Crippen molar-refractivity contribution in [3.05, 3.63) is 77.9 Å². The van der Waals surface area contributed by atoms with Gasteiger partial charge in [-0.3, -0.25) is 4.79 Å². The molecule has 1 unspecified atom stereocenters. The first kappa shape index (κ1) is 26.2. The number of carbonyl (C=O) groups excluding carboxylic acids is 1. The van der Waals surface area contributed by atoms with E-state index in [2.05, 4.69) is 15.5 Å². The molecule has 8 heteroatoms. The van der Waals surface area contributed by atoms with Crippen LogP contribution in [0.5, 0.6) is 11.5 Å². The second-order valence-corrected chi connectivity index (χ2v) is 9.69. The average Bonchev–Trinajstić information content (AvgIpc) is 2.93. The maximum Gasteiger partial charge on any atom is 0.237 e. The van der Waals surface area contributed by atoms with Crippen molar-refractivity contribution in [1.82, 2.24) is 15.2 Å². The van der Waals surface area contributed by atoms with E-state index in [1.807, 2.05) is 87.5 Å². The summed E-state index contributed by atoms with van der Waals surface area (Å²) in [5.74, 6) is 1.42. The lowest BCUT2D eigenvalue weighted by Gasteiger charge is -2.17. The van der Waals surface area contributed by atoms with Crippen molar-refractivity contribution in [2.24, 2.45) is 0 Å². The normalized spacial score (nSPS) is 11.6. The van der Waals surface area contributed by atoms with Gasteiger partial charge in [0, 0.05) is 16.8 Å². The van der Waals surface area contributed by atoms with Crippen molar-refractivity contribution in [1.29, 1.82) is 0 Å². The van der Waals surface area contributed by atoms with E-state index in [1.54, 1.807) is 14.2 Å². The first-order chi connectivity index (χ1) is 17.9. The lowest BCUT2D eigenvalue weighted by atomic mass is 10.0. The highest BCUT2D eigenvalue weighted by Gasteiger charge is 2.23. The lowest BCUT2D eigenvalue weighted by molar-refractivity contribution is -0.115. The van der Waals surface area contributed by atoms with E-state index in [0.717, 1.165) is 39.4 Å². The Labute approximate surface area is 221 Å². The van der Waals surface area contributed by atoms with Crippen LogP contribution in [0.4, 0.5) is 5.69 Å². The van der Waals surface area contributed by atoms with Gasteiger partial charge < -0.3 is 14.8 Å². The third kappa shape index (κ3) is 6.09. The van der Waals surface area contributed by atoms with Crippen LogP contribution in [0.25, 0.3) is 22.5 Å². The van der Waals surface area contributed by atoms with Gasteiger partial charge in [0.15, 0.2) is 0 Å². The molecular formula is C29H30N4O3S. The molecule has 4 aromatic rings. The number of aryl methyl sites for hydroxylation is 2. The van der Waals surface area contributed by atoms with Crippen molar-refractivity contribution in [2.45, 2.75) is 37.6 Å². The number of benzene rings is 3. The van der Waals surface area contributed by atoms with Crippen LogP contribution in [-0.4, -0.2) is 40.6 Å². The molecule has 1 atom stereocenters. The zero-order chi connectivity index (χ0) is 26.4. The van der Waals surface area contributed by atoms with Crippen molar-refractivity contribution in [3.63, 3.8) is 0 Å². The maximum absolute atomic E-state index is 13.2. The van der Waals surface area contributed by atoms with Gasteiger partial charge in [-0.1, -0.05) is 36.9 Å². The summed E-state index contributed by atoms with van der Waals surface area (Å²) in [6.45, 7) is 5.96. The number of amides is 1. The molecule has 0 saturated carbocycles. The molecule has 1 heterocycles. The summed E-state index contributed by atoms with van der Waals surface area (Å²) in [6, 6.07) is 21.2. The van der Waals surface area contributed by atoms with E-state index >= 15 is 0 Å². The minimum absolute atomic E-state index is 0.0845. The fraction of sp³-hybridized carbons (Fsp3) is 0.241. The SMILES string of the molecule is CCC(Sc1nnc(-c2ccc(OC)cc2)c(-c2ccc(OC)cc2)n1)C(=O)Nc1c(C)cccc1C. The largest absolute Gasteiger partial charge is 0.497 e. The molecule has 1 aromatic heterocycles. The van der Waals surface area contributed by atoms with Crippen LogP contribution in [0.2, 0.25) is 0 Å². The summed E-state index contributed by atoms with van der Waals surface area (Å²) < 4.78 is 10.6. The Balaban J connectivity index is 1.67. The highest BCUT2D eigenvalue weighted by Crippen LogP contribution is 2.33. The number of nitrogens with zero attached hydrogens (tertiary/aromatic N) is 3. The van der Waals surface area contributed by atoms with E-state index in [4.69, 9.17) is 14.5 Å². The van der Waals surface area contributed by atoms with Crippen LogP contribution in [0.15, 0.2) is 71.9 Å². The Kier molecular flexibility index (Phi) is 8.40. The van der Waals surface area contributed by atoms with E-state index in [-0.39, 0.29) is 11.2 Å². The summed E-state index contributed by atoms with van der Waals surface area (Å²) in [5.41, 5.74) is 5.95. The zero-order valence-corrected chi connectivity index (χ0v) is 22.4. The molecule has 0 spiro atoms. The molecule has 0 bridgehead atoms. The lowest BCUT2D eigenvalue weighted by Crippen LogP contribution is -2.25. The third-order valence-corrected chi connectivity index (χ3v) is 7.25. The molecule has 0 aliphatic heterocycles. The first-order valence-electron chi connectivity index (χ1n) is 12.0. The van der Waals surface area contributed by atoms with Crippen LogP contribution in [0.3, 0.4) is 0 Å². The summed E-state index contributed by atoms with van der Waals surface area (Å²) >= 11 is 1.31. The Morgan fingerprint density at radius 3 is 1.89 bits per heavy atom. The molecule has 1 amide bonds. The highest BCUT2D eigenvalue weighted by atomic mass is 32.2. The molecule has 37 heavy (non-hydrogen) atoms. The molecular weight excluding hydrogens is 484 g/mol. The Morgan fingerprint density at radius 2 is 1.38 bits per heavy atom. The number of nitrogens with one attached hydrogen (secondary N) is 1. The highest BCUT2D eigenvalue weighted by molar-refractivity contribution is 8.00. The number of methoxy groups -OCH3 is 2. The smallest absolute Gasteiger partial charge is 0.237 e. The fourth-order valence-corrected chi connectivity index (χ4v) is 4.74. The van der Waals surface area contributed by atoms with Gasteiger partial charge in [0.05, 0.1) is 19.5 Å². The maximum atomic E-state index is 13.2. The molecule has 0 aliphatic carbocycles. The molecule has 3 aromatic carbocycles. The van der Waals surface area contributed by atoms with Gasteiger partial charge in [0.2, 0.25) is 11.1 Å². The first-order valence-corrected chi connectivity index (χ1v) is 12.9. The summed E-state index contributed by atoms with van der Waals surface area (Å²) in [6.07, 6.45) is 0.614. The minimum Gasteiger partial charge on any atom is -0.497 e. The van der Waals surface area contributed by atoms with Crippen molar-refractivity contribution < 1.29 is 14.3 Å². The van der Waals surface area contributed by atoms with Crippen LogP contribution >= 0.6 is 11.8 Å². The number of carbonyl (C=O) groups is 1. The van der Waals surface area contributed by atoms with Crippen molar-refractivity contribution in [2.75, 3.05) is 19.5 Å². The third-order valence-electron chi connectivity index (χ3n) is 6.03.